The summed E-state index contributed by atoms with van der Waals surface area (Å²) >= 11 is 0. The molecule has 0 unspecified atom stereocenters. The Kier molecular flexibility index (Phi) is 5.05. The third kappa shape index (κ3) is 4.64. The van der Waals surface area contributed by atoms with E-state index >= 15 is 0 Å². The van der Waals surface area contributed by atoms with Gasteiger partial charge in [-0.1, -0.05) is 12.1 Å². The van der Waals surface area contributed by atoms with E-state index in [1.807, 2.05) is 0 Å². The highest BCUT2D eigenvalue weighted by Gasteiger charge is 2.33. The molecule has 0 aliphatic heterocycles. The van der Waals surface area contributed by atoms with Crippen molar-refractivity contribution in [2.75, 3.05) is 0 Å². The number of alkyl halides is 3. The fourth-order valence-corrected chi connectivity index (χ4v) is 1.64. The summed E-state index contributed by atoms with van der Waals surface area (Å²) in [4.78, 5) is 22.8. The molecule has 0 spiro atoms. The molecule has 1 aromatic carbocycles. The number of nitrogens with one attached hydrogen (secondary N) is 1. The molecule has 1 amide bonds. The summed E-state index contributed by atoms with van der Waals surface area (Å²) in [5.41, 5.74) is -0.683. The Morgan fingerprint density at radius 1 is 1.18 bits per heavy atom. The topological polar surface area (TPSA) is 75.6 Å². The van der Waals surface area contributed by atoms with E-state index in [2.05, 4.69) is 10.1 Å². The first-order chi connectivity index (χ1) is 9.93. The molecule has 1 aromatic rings. The summed E-state index contributed by atoms with van der Waals surface area (Å²) in [5.74, 6) is -2.13. The van der Waals surface area contributed by atoms with Crippen LogP contribution in [0.4, 0.5) is 13.2 Å². The van der Waals surface area contributed by atoms with E-state index < -0.39 is 35.4 Å². The van der Waals surface area contributed by atoms with Crippen LogP contribution in [0.2, 0.25) is 0 Å². The van der Waals surface area contributed by atoms with Crippen LogP contribution >= 0.6 is 0 Å². The molecule has 0 aromatic heterocycles. The zero-order valence-electron chi connectivity index (χ0n) is 12.2. The molecule has 2 N–H and O–H groups in total. The summed E-state index contributed by atoms with van der Waals surface area (Å²) in [6, 6.07) is 3.77. The summed E-state index contributed by atoms with van der Waals surface area (Å²) in [6.45, 7) is 4.39. The minimum atomic E-state index is -4.79. The SMILES string of the molecule is C[C@@H](NC(=O)C(C)(C)c1ccc(OC(F)(F)F)cc1)C(=O)O. The van der Waals surface area contributed by atoms with Gasteiger partial charge in [-0.3, -0.25) is 9.59 Å². The number of halogens is 3. The van der Waals surface area contributed by atoms with Crippen molar-refractivity contribution in [2.24, 2.45) is 0 Å². The molecular formula is C14H16F3NO4. The standard InChI is InChI=1S/C14H16F3NO4/c1-8(11(19)20)18-12(21)13(2,3)9-4-6-10(7-5-9)22-14(15,16)17/h4-8H,1-3H3,(H,18,21)(H,19,20)/t8-/m1/s1. The predicted molar refractivity (Wildman–Crippen MR) is 71.4 cm³/mol. The van der Waals surface area contributed by atoms with Crippen LogP contribution < -0.4 is 10.1 Å². The Balaban J connectivity index is 2.89. The maximum Gasteiger partial charge on any atom is 0.573 e. The minimum absolute atomic E-state index is 0.397. The quantitative estimate of drug-likeness (QED) is 0.874. The molecule has 0 aliphatic carbocycles. The lowest BCUT2D eigenvalue weighted by molar-refractivity contribution is -0.274. The Hall–Kier alpha value is -2.25. The number of hydrogen-bond donors (Lipinski definition) is 2. The van der Waals surface area contributed by atoms with Crippen LogP contribution in [0.3, 0.4) is 0 Å². The molecule has 5 nitrogen and oxygen atoms in total. The van der Waals surface area contributed by atoms with Crippen LogP contribution in [-0.2, 0) is 15.0 Å². The Morgan fingerprint density at radius 2 is 1.68 bits per heavy atom. The second-order valence-corrected chi connectivity index (χ2v) is 5.23. The lowest BCUT2D eigenvalue weighted by Gasteiger charge is -2.25. The maximum absolute atomic E-state index is 12.1. The number of rotatable bonds is 5. The van der Waals surface area contributed by atoms with Crippen molar-refractivity contribution in [1.29, 1.82) is 0 Å². The van der Waals surface area contributed by atoms with Crippen LogP contribution in [0.1, 0.15) is 26.3 Å². The summed E-state index contributed by atoms with van der Waals surface area (Å²) < 4.78 is 40.0. The van der Waals surface area contributed by atoms with Crippen molar-refractivity contribution in [2.45, 2.75) is 38.6 Å². The molecule has 0 fully saturated rings. The zero-order valence-corrected chi connectivity index (χ0v) is 12.2. The molecule has 0 heterocycles. The van der Waals surface area contributed by atoms with Gasteiger partial charge < -0.3 is 15.2 Å². The molecular weight excluding hydrogens is 303 g/mol. The van der Waals surface area contributed by atoms with Crippen LogP contribution in [0.25, 0.3) is 0 Å². The minimum Gasteiger partial charge on any atom is -0.480 e. The molecule has 0 radical (unpaired) electrons. The second kappa shape index (κ2) is 6.25. The molecule has 0 saturated carbocycles. The lowest BCUT2D eigenvalue weighted by atomic mass is 9.83. The number of carboxylic acids is 1. The number of carboxylic acid groups (broad SMARTS) is 1. The smallest absolute Gasteiger partial charge is 0.480 e. The van der Waals surface area contributed by atoms with Crippen LogP contribution in [0, 0.1) is 0 Å². The van der Waals surface area contributed by atoms with Crippen molar-refractivity contribution in [3.05, 3.63) is 29.8 Å². The molecule has 22 heavy (non-hydrogen) atoms. The normalized spacial score (nSPS) is 13.4. The van der Waals surface area contributed by atoms with Gasteiger partial charge in [0.15, 0.2) is 0 Å². The first-order valence-electron chi connectivity index (χ1n) is 6.33. The number of ether oxygens (including phenoxy) is 1. The van der Waals surface area contributed by atoms with Crippen LogP contribution in [0.15, 0.2) is 24.3 Å². The molecule has 0 aliphatic rings. The summed E-state index contributed by atoms with van der Waals surface area (Å²) in [7, 11) is 0. The van der Waals surface area contributed by atoms with E-state index in [0.29, 0.717) is 5.56 Å². The third-order valence-electron chi connectivity index (χ3n) is 3.10. The molecule has 8 heteroatoms. The molecule has 1 rings (SSSR count). The van der Waals surface area contributed by atoms with Crippen molar-refractivity contribution < 1.29 is 32.6 Å². The van der Waals surface area contributed by atoms with E-state index in [1.54, 1.807) is 0 Å². The van der Waals surface area contributed by atoms with E-state index in [9.17, 15) is 22.8 Å². The number of aliphatic carboxylic acids is 1. The predicted octanol–water partition coefficient (Wildman–Crippen LogP) is 2.45. The average molecular weight is 319 g/mol. The summed E-state index contributed by atoms with van der Waals surface area (Å²) in [6.07, 6.45) is -4.79. The van der Waals surface area contributed by atoms with Crippen molar-refractivity contribution in [3.63, 3.8) is 0 Å². The fourth-order valence-electron chi connectivity index (χ4n) is 1.64. The Labute approximate surface area is 125 Å². The molecule has 1 atom stereocenters. The largest absolute Gasteiger partial charge is 0.573 e. The fraction of sp³-hybridized carbons (Fsp3) is 0.429. The van der Waals surface area contributed by atoms with Gasteiger partial charge >= 0.3 is 12.3 Å². The van der Waals surface area contributed by atoms with Gasteiger partial charge in [-0.2, -0.15) is 0 Å². The van der Waals surface area contributed by atoms with Gasteiger partial charge in [0.1, 0.15) is 11.8 Å². The van der Waals surface area contributed by atoms with Crippen LogP contribution in [0.5, 0.6) is 5.75 Å². The van der Waals surface area contributed by atoms with Gasteiger partial charge in [-0.15, -0.1) is 13.2 Å². The highest BCUT2D eigenvalue weighted by atomic mass is 19.4. The van der Waals surface area contributed by atoms with Crippen molar-refractivity contribution in [3.8, 4) is 5.75 Å². The van der Waals surface area contributed by atoms with Crippen LogP contribution in [-0.4, -0.2) is 29.4 Å². The number of amides is 1. The Morgan fingerprint density at radius 3 is 2.09 bits per heavy atom. The number of carbonyl (C=O) groups excluding carboxylic acids is 1. The highest BCUT2D eigenvalue weighted by Crippen LogP contribution is 2.28. The van der Waals surface area contributed by atoms with Crippen molar-refractivity contribution >= 4 is 11.9 Å². The molecule has 122 valence electrons. The summed E-state index contributed by atoms with van der Waals surface area (Å²) in [5, 5.41) is 11.1. The van der Waals surface area contributed by atoms with Gasteiger partial charge in [-0.05, 0) is 38.5 Å². The van der Waals surface area contributed by atoms with Gasteiger partial charge in [0, 0.05) is 0 Å². The van der Waals surface area contributed by atoms with E-state index in [1.165, 1.54) is 32.9 Å². The highest BCUT2D eigenvalue weighted by molar-refractivity contribution is 5.90. The van der Waals surface area contributed by atoms with E-state index in [4.69, 9.17) is 5.11 Å². The van der Waals surface area contributed by atoms with Gasteiger partial charge in [-0.25, -0.2) is 0 Å². The lowest BCUT2D eigenvalue weighted by Crippen LogP contribution is -2.46. The van der Waals surface area contributed by atoms with E-state index in [0.717, 1.165) is 12.1 Å². The third-order valence-corrected chi connectivity index (χ3v) is 3.10. The number of benzene rings is 1. The zero-order chi connectivity index (χ0) is 17.1. The Bertz CT molecular complexity index is 552. The van der Waals surface area contributed by atoms with E-state index in [-0.39, 0.29) is 0 Å². The maximum atomic E-state index is 12.1. The van der Waals surface area contributed by atoms with Gasteiger partial charge in [0.25, 0.3) is 0 Å². The first kappa shape index (κ1) is 17.8. The second-order valence-electron chi connectivity index (χ2n) is 5.23. The average Bonchev–Trinajstić information content (AvgIpc) is 2.37. The van der Waals surface area contributed by atoms with Gasteiger partial charge in [0.2, 0.25) is 5.91 Å². The van der Waals surface area contributed by atoms with Gasteiger partial charge in [0.05, 0.1) is 5.41 Å². The first-order valence-corrected chi connectivity index (χ1v) is 6.33. The monoisotopic (exact) mass is 319 g/mol. The molecule has 0 bridgehead atoms. The molecule has 0 saturated heterocycles. The number of hydrogen-bond acceptors (Lipinski definition) is 3. The number of carbonyl (C=O) groups is 2. The van der Waals surface area contributed by atoms with Crippen molar-refractivity contribution in [1.82, 2.24) is 5.32 Å².